The molecule has 0 amide bonds. The molecule has 0 saturated carbocycles. The van der Waals surface area contributed by atoms with Gasteiger partial charge in [-0.2, -0.15) is 0 Å². The van der Waals surface area contributed by atoms with Crippen molar-refractivity contribution in [3.8, 4) is 33.8 Å². The first kappa shape index (κ1) is 28.3. The monoisotopic (exact) mass is 532 g/mol. The molecule has 0 radical (unpaired) electrons. The Bertz CT molecular complexity index is 1350. The molecule has 0 spiro atoms. The van der Waals surface area contributed by atoms with Crippen molar-refractivity contribution < 1.29 is 22.6 Å². The molecule has 0 atom stereocenters. The Balaban J connectivity index is 1.32. The van der Waals surface area contributed by atoms with Crippen molar-refractivity contribution in [3.63, 3.8) is 0 Å². The van der Waals surface area contributed by atoms with E-state index in [2.05, 4.69) is 6.92 Å². The quantitative estimate of drug-likeness (QED) is 0.160. The van der Waals surface area contributed by atoms with Gasteiger partial charge in [-0.05, 0) is 48.7 Å². The van der Waals surface area contributed by atoms with E-state index in [4.69, 9.17) is 9.47 Å². The minimum Gasteiger partial charge on any atom is -0.493 e. The van der Waals surface area contributed by atoms with Crippen molar-refractivity contribution >= 4 is 0 Å². The highest BCUT2D eigenvalue weighted by Gasteiger charge is 2.15. The zero-order valence-corrected chi connectivity index (χ0v) is 22.6. The van der Waals surface area contributed by atoms with Crippen LogP contribution in [0.2, 0.25) is 0 Å². The largest absolute Gasteiger partial charge is 0.493 e. The lowest BCUT2D eigenvalue weighted by Crippen LogP contribution is -2.02. The Hall–Kier alpha value is -3.73. The zero-order valence-electron chi connectivity index (χ0n) is 22.6. The predicted octanol–water partition coefficient (Wildman–Crippen LogP) is 10.1. The lowest BCUT2D eigenvalue weighted by Gasteiger charge is -2.12. The fourth-order valence-electron chi connectivity index (χ4n) is 4.44. The first-order valence-electron chi connectivity index (χ1n) is 13.7. The minimum atomic E-state index is -0.925. The van der Waals surface area contributed by atoms with E-state index in [-0.39, 0.29) is 23.6 Å². The van der Waals surface area contributed by atoms with Crippen LogP contribution in [-0.2, 0) is 6.61 Å². The van der Waals surface area contributed by atoms with Crippen LogP contribution in [0.15, 0.2) is 78.9 Å². The third-order valence-electron chi connectivity index (χ3n) is 6.79. The third kappa shape index (κ3) is 7.66. The Morgan fingerprint density at radius 1 is 0.590 bits per heavy atom. The van der Waals surface area contributed by atoms with E-state index in [1.807, 2.05) is 19.1 Å². The number of benzene rings is 4. The van der Waals surface area contributed by atoms with Gasteiger partial charge in [0.1, 0.15) is 23.9 Å². The molecule has 39 heavy (non-hydrogen) atoms. The molecule has 0 saturated heterocycles. The SMILES string of the molecule is CCCCCCCCOc1ccc(-c2ccc(OCc3ccc(-c4ccc(C)cc4)c(F)c3F)cc2)c(F)c1. The highest BCUT2D eigenvalue weighted by atomic mass is 19.2. The molecular weight excluding hydrogens is 497 g/mol. The number of aryl methyl sites for hydroxylation is 1. The molecule has 0 aliphatic heterocycles. The molecule has 4 aromatic carbocycles. The molecule has 0 N–H and O–H groups in total. The fraction of sp³-hybridized carbons (Fsp3) is 0.294. The molecular formula is C34H35F3O2. The highest BCUT2D eigenvalue weighted by Crippen LogP contribution is 2.30. The van der Waals surface area contributed by atoms with Crippen LogP contribution in [0.25, 0.3) is 22.3 Å². The van der Waals surface area contributed by atoms with Crippen molar-refractivity contribution in [1.29, 1.82) is 0 Å². The van der Waals surface area contributed by atoms with Crippen molar-refractivity contribution in [2.75, 3.05) is 6.61 Å². The Morgan fingerprint density at radius 2 is 1.21 bits per heavy atom. The maximum Gasteiger partial charge on any atom is 0.167 e. The van der Waals surface area contributed by atoms with E-state index < -0.39 is 11.6 Å². The topological polar surface area (TPSA) is 18.5 Å². The summed E-state index contributed by atoms with van der Waals surface area (Å²) in [6, 6.07) is 22.1. The van der Waals surface area contributed by atoms with Gasteiger partial charge in [-0.15, -0.1) is 0 Å². The molecule has 0 aliphatic rings. The van der Waals surface area contributed by atoms with Crippen molar-refractivity contribution in [1.82, 2.24) is 0 Å². The summed E-state index contributed by atoms with van der Waals surface area (Å²) in [6.07, 6.45) is 7.03. The van der Waals surface area contributed by atoms with Gasteiger partial charge in [-0.3, -0.25) is 0 Å². The van der Waals surface area contributed by atoms with Crippen molar-refractivity contribution in [2.24, 2.45) is 0 Å². The molecule has 0 bridgehead atoms. The van der Waals surface area contributed by atoms with E-state index in [1.54, 1.807) is 54.6 Å². The van der Waals surface area contributed by atoms with Gasteiger partial charge in [0.25, 0.3) is 0 Å². The first-order valence-corrected chi connectivity index (χ1v) is 13.7. The number of hydrogen-bond acceptors (Lipinski definition) is 2. The van der Waals surface area contributed by atoms with Crippen LogP contribution >= 0.6 is 0 Å². The van der Waals surface area contributed by atoms with Gasteiger partial charge in [0.05, 0.1) is 6.61 Å². The van der Waals surface area contributed by atoms with Crippen LogP contribution in [0.3, 0.4) is 0 Å². The lowest BCUT2D eigenvalue weighted by atomic mass is 10.0. The standard InChI is InChI=1S/C34H35F3O2/c1-3-4-5-6-7-8-21-38-29-18-20-30(32(35)22-29)25-13-16-28(17-14-25)39-23-27-15-19-31(34(37)33(27)36)26-11-9-24(2)10-12-26/h9-20,22H,3-8,21,23H2,1-2H3. The highest BCUT2D eigenvalue weighted by molar-refractivity contribution is 5.66. The van der Waals surface area contributed by atoms with Crippen molar-refractivity contribution in [2.45, 2.75) is 59.0 Å². The Morgan fingerprint density at radius 3 is 1.92 bits per heavy atom. The van der Waals surface area contributed by atoms with E-state index >= 15 is 0 Å². The lowest BCUT2D eigenvalue weighted by molar-refractivity contribution is 0.297. The van der Waals surface area contributed by atoms with Gasteiger partial charge >= 0.3 is 0 Å². The summed E-state index contributed by atoms with van der Waals surface area (Å²) in [4.78, 5) is 0. The van der Waals surface area contributed by atoms with E-state index in [9.17, 15) is 13.2 Å². The van der Waals surface area contributed by atoms with Crippen LogP contribution < -0.4 is 9.47 Å². The maximum absolute atomic E-state index is 14.8. The van der Waals surface area contributed by atoms with E-state index in [0.29, 0.717) is 34.8 Å². The predicted molar refractivity (Wildman–Crippen MR) is 152 cm³/mol. The van der Waals surface area contributed by atoms with Crippen LogP contribution in [0.1, 0.15) is 56.6 Å². The number of halogens is 3. The molecule has 0 aromatic heterocycles. The summed E-state index contributed by atoms with van der Waals surface area (Å²) in [5.74, 6) is -1.20. The smallest absolute Gasteiger partial charge is 0.167 e. The summed E-state index contributed by atoms with van der Waals surface area (Å²) >= 11 is 0. The molecule has 0 fully saturated rings. The third-order valence-corrected chi connectivity index (χ3v) is 6.79. The minimum absolute atomic E-state index is 0.120. The normalized spacial score (nSPS) is 11.0. The molecule has 0 aliphatic carbocycles. The van der Waals surface area contributed by atoms with Gasteiger partial charge in [0, 0.05) is 22.8 Å². The van der Waals surface area contributed by atoms with Crippen LogP contribution in [-0.4, -0.2) is 6.61 Å². The molecule has 0 heterocycles. The second-order valence-corrected chi connectivity index (χ2v) is 9.84. The second-order valence-electron chi connectivity index (χ2n) is 9.84. The fourth-order valence-corrected chi connectivity index (χ4v) is 4.44. The number of unbranched alkanes of at least 4 members (excludes halogenated alkanes) is 5. The summed E-state index contributed by atoms with van der Waals surface area (Å²) < 4.78 is 55.7. The zero-order chi connectivity index (χ0) is 27.6. The number of rotatable bonds is 13. The summed E-state index contributed by atoms with van der Waals surface area (Å²) in [6.45, 7) is 4.58. The summed E-state index contributed by atoms with van der Waals surface area (Å²) in [5.41, 5.74) is 3.12. The molecule has 4 rings (SSSR count). The first-order chi connectivity index (χ1) is 19.0. The summed E-state index contributed by atoms with van der Waals surface area (Å²) in [5, 5.41) is 0. The molecule has 5 heteroatoms. The van der Waals surface area contributed by atoms with Crippen LogP contribution in [0.4, 0.5) is 13.2 Å². The molecule has 2 nitrogen and oxygen atoms in total. The van der Waals surface area contributed by atoms with E-state index in [1.165, 1.54) is 37.8 Å². The maximum atomic E-state index is 14.8. The second kappa shape index (κ2) is 13.9. The van der Waals surface area contributed by atoms with Crippen molar-refractivity contribution in [3.05, 3.63) is 107 Å². The molecule has 0 unspecified atom stereocenters. The average Bonchev–Trinajstić information content (AvgIpc) is 2.94. The number of hydrogen-bond donors (Lipinski definition) is 0. The van der Waals surface area contributed by atoms with Gasteiger partial charge in [-0.25, -0.2) is 13.2 Å². The van der Waals surface area contributed by atoms with Gasteiger partial charge < -0.3 is 9.47 Å². The average molecular weight is 533 g/mol. The van der Waals surface area contributed by atoms with E-state index in [0.717, 1.165) is 18.4 Å². The van der Waals surface area contributed by atoms with Gasteiger partial charge in [0.2, 0.25) is 0 Å². The van der Waals surface area contributed by atoms with Crippen LogP contribution in [0.5, 0.6) is 11.5 Å². The Kier molecular flexibility index (Phi) is 10.1. The Labute approximate surface area is 229 Å². The summed E-state index contributed by atoms with van der Waals surface area (Å²) in [7, 11) is 0. The molecule has 4 aromatic rings. The van der Waals surface area contributed by atoms with Gasteiger partial charge in [-0.1, -0.05) is 93.1 Å². The number of ether oxygens (including phenoxy) is 2. The van der Waals surface area contributed by atoms with Crippen LogP contribution in [0, 0.1) is 24.4 Å². The van der Waals surface area contributed by atoms with Gasteiger partial charge in [0.15, 0.2) is 11.6 Å². The molecule has 204 valence electrons.